The third-order valence-corrected chi connectivity index (χ3v) is 10.00. The van der Waals surface area contributed by atoms with E-state index in [0.717, 1.165) is 50.0 Å². The summed E-state index contributed by atoms with van der Waals surface area (Å²) < 4.78 is 51.1. The Labute approximate surface area is 347 Å². The van der Waals surface area contributed by atoms with Gasteiger partial charge >= 0.3 is 0 Å². The van der Waals surface area contributed by atoms with Gasteiger partial charge in [0.15, 0.2) is 0 Å². The van der Waals surface area contributed by atoms with Crippen LogP contribution in [0.3, 0.4) is 0 Å². The number of hydrogen-bond acceptors (Lipinski definition) is 3. The number of aromatic hydroxyl groups is 1. The summed E-state index contributed by atoms with van der Waals surface area (Å²) in [5.41, 5.74) is 11.7. The summed E-state index contributed by atoms with van der Waals surface area (Å²) in [7, 11) is 0. The molecule has 8 rings (SSSR count). The number of rotatable bonds is 6. The van der Waals surface area contributed by atoms with E-state index in [1.165, 1.54) is 0 Å². The number of fused-ring (bicyclic) bond motifs is 1. The van der Waals surface area contributed by atoms with Crippen molar-refractivity contribution in [3.63, 3.8) is 0 Å². The van der Waals surface area contributed by atoms with Gasteiger partial charge in [-0.1, -0.05) is 122 Å². The number of imidazole rings is 1. The van der Waals surface area contributed by atoms with Gasteiger partial charge in [-0.15, -0.1) is 29.3 Å². The van der Waals surface area contributed by atoms with Gasteiger partial charge in [0.2, 0.25) is 0 Å². The van der Waals surface area contributed by atoms with Gasteiger partial charge in [0.05, 0.1) is 16.6 Å². The predicted molar refractivity (Wildman–Crippen MR) is 224 cm³/mol. The van der Waals surface area contributed by atoms with Gasteiger partial charge in [-0.05, 0) is 102 Å². The fourth-order valence-electron chi connectivity index (χ4n) is 7.14. The van der Waals surface area contributed by atoms with Crippen LogP contribution in [0.4, 0.5) is 0 Å². The van der Waals surface area contributed by atoms with Crippen LogP contribution in [0.2, 0.25) is 0 Å². The number of benzene rings is 6. The first-order chi connectivity index (χ1) is 28.4. The van der Waals surface area contributed by atoms with E-state index in [9.17, 15) is 5.11 Å². The molecule has 0 saturated carbocycles. The number of phenols is 1. The van der Waals surface area contributed by atoms with Crippen molar-refractivity contribution in [2.75, 3.05) is 0 Å². The fourth-order valence-corrected chi connectivity index (χ4v) is 7.14. The van der Waals surface area contributed by atoms with E-state index in [1.54, 1.807) is 24.4 Å². The van der Waals surface area contributed by atoms with Crippen LogP contribution in [0, 0.1) is 33.6 Å². The van der Waals surface area contributed by atoms with Crippen LogP contribution >= 0.6 is 0 Å². The van der Waals surface area contributed by atoms with Gasteiger partial charge in [0.1, 0.15) is 11.6 Å². The Kier molecular flexibility index (Phi) is 8.34. The Morgan fingerprint density at radius 3 is 2.18 bits per heavy atom. The van der Waals surface area contributed by atoms with Crippen molar-refractivity contribution in [1.29, 1.82) is 0 Å². The summed E-state index contributed by atoms with van der Waals surface area (Å²) in [6.07, 6.45) is 1.75. The average Bonchev–Trinajstić information content (AvgIpc) is 3.61. The van der Waals surface area contributed by atoms with E-state index in [1.807, 2.05) is 115 Å². The summed E-state index contributed by atoms with van der Waals surface area (Å²) in [5, 5.41) is 11.6. The van der Waals surface area contributed by atoms with Gasteiger partial charge in [-0.25, -0.2) is 4.98 Å². The molecule has 0 fully saturated rings. The Bertz CT molecular complexity index is 2910. The minimum absolute atomic E-state index is 0. The van der Waals surface area contributed by atoms with Crippen molar-refractivity contribution in [2.24, 2.45) is 0 Å². The minimum Gasteiger partial charge on any atom is -0.507 e. The van der Waals surface area contributed by atoms with Crippen LogP contribution in [0.15, 0.2) is 134 Å². The number of phenolic OH excluding ortho intramolecular Hbond substituents is 1. The molecule has 0 unspecified atom stereocenters. The smallest absolute Gasteiger partial charge is 0.148 e. The molecule has 6 aromatic carbocycles. The zero-order chi connectivity index (χ0) is 42.7. The van der Waals surface area contributed by atoms with Crippen molar-refractivity contribution in [2.45, 2.75) is 53.7 Å². The fraction of sp³-hybridized carbons (Fsp3) is 0.160. The molecule has 2 aromatic heterocycles. The van der Waals surface area contributed by atoms with E-state index in [-0.39, 0.29) is 43.4 Å². The third kappa shape index (κ3) is 7.32. The first-order valence-corrected chi connectivity index (χ1v) is 18.0. The summed E-state index contributed by atoms with van der Waals surface area (Å²) in [5.74, 6) is 0.565. The molecule has 2 heterocycles. The van der Waals surface area contributed by atoms with E-state index >= 15 is 0 Å². The monoisotopic (exact) mass is 903 g/mol. The normalized spacial score (nSPS) is 13.5. The van der Waals surface area contributed by atoms with Crippen molar-refractivity contribution in [1.82, 2.24) is 14.5 Å². The van der Waals surface area contributed by atoms with Crippen molar-refractivity contribution < 1.29 is 34.4 Å². The molecule has 55 heavy (non-hydrogen) atoms. The van der Waals surface area contributed by atoms with Crippen molar-refractivity contribution in [3.8, 4) is 67.5 Å². The molecule has 4 nitrogen and oxygen atoms in total. The second kappa shape index (κ2) is 14.9. The zero-order valence-corrected chi connectivity index (χ0v) is 33.6. The average molecular weight is 904 g/mol. The van der Waals surface area contributed by atoms with Crippen molar-refractivity contribution >= 4 is 11.0 Å². The summed E-state index contributed by atoms with van der Waals surface area (Å²) in [6, 6.07) is 43.5. The molecule has 5 heteroatoms. The van der Waals surface area contributed by atoms with E-state index in [2.05, 4.69) is 39.0 Å². The number of nitrogens with zero attached hydrogens (tertiary/aromatic N) is 3. The quantitative estimate of drug-likeness (QED) is 0.169. The van der Waals surface area contributed by atoms with Crippen LogP contribution in [-0.2, 0) is 26.5 Å². The SMILES string of the molecule is [2H]C([2H])([2H])c1ccc(-c2ccnc(-c3[c-]c(-c4cccc5c4nc(-c4cc(C)cc(C)c4O)n5-c4ccc(-c5ccccc5)c(C([2H])([2H])[2H])c4)cc(C(C)(C)C)c3)c2)cc1.[Pt]. The van der Waals surface area contributed by atoms with Gasteiger partial charge in [0.25, 0.3) is 0 Å². The van der Waals surface area contributed by atoms with Gasteiger partial charge < -0.3 is 5.11 Å². The second-order valence-electron chi connectivity index (χ2n) is 15.0. The van der Waals surface area contributed by atoms with Crippen LogP contribution < -0.4 is 0 Å². The Balaban J connectivity index is 0.00000561. The molecule has 276 valence electrons. The molecule has 0 aliphatic heterocycles. The summed E-state index contributed by atoms with van der Waals surface area (Å²) in [6.45, 7) is 5.69. The summed E-state index contributed by atoms with van der Waals surface area (Å²) in [4.78, 5) is 10.1. The molecule has 0 aliphatic rings. The molecule has 0 amide bonds. The Hall–Kier alpha value is -5.57. The molecule has 1 N–H and O–H groups in total. The predicted octanol–water partition coefficient (Wildman–Crippen LogP) is 12.8. The van der Waals surface area contributed by atoms with Crippen LogP contribution in [-0.4, -0.2) is 19.6 Å². The maximum absolute atomic E-state index is 11.6. The molecule has 0 saturated heterocycles. The number of aryl methyl sites for hydroxylation is 4. The molecule has 0 spiro atoms. The zero-order valence-electron chi connectivity index (χ0n) is 37.3. The number of aromatic nitrogens is 3. The standard InChI is InChI=1S/C50H44N3O.Pt/c1-31-16-18-35(19-17-31)37-22-23-51-45(30-37)39-27-38(28-40(29-39)50(5,6)7)43-14-11-15-46-47(43)52-49(44-25-32(2)24-34(4)48(44)54)53(46)41-20-21-42(33(3)26-41)36-12-9-8-10-13-36;/h8-26,28-30,54H,1-7H3;/q-1;/i1D3,3D3;. The third-order valence-electron chi connectivity index (χ3n) is 10.00. The van der Waals surface area contributed by atoms with Crippen LogP contribution in [0.5, 0.6) is 5.75 Å². The van der Waals surface area contributed by atoms with Gasteiger partial charge in [-0.3, -0.25) is 9.55 Å². The Morgan fingerprint density at radius 2 is 1.44 bits per heavy atom. The molecule has 0 atom stereocenters. The van der Waals surface area contributed by atoms with E-state index in [4.69, 9.17) is 18.2 Å². The summed E-state index contributed by atoms with van der Waals surface area (Å²) >= 11 is 0. The molecular formula is C50H44N3OPt-. The largest absolute Gasteiger partial charge is 0.507 e. The molecular weight excluding hydrogens is 854 g/mol. The van der Waals surface area contributed by atoms with Gasteiger partial charge in [0, 0.05) is 46.9 Å². The molecule has 0 aliphatic carbocycles. The number of para-hydroxylation sites is 1. The number of pyridine rings is 1. The maximum atomic E-state index is 11.6. The molecule has 0 bridgehead atoms. The van der Waals surface area contributed by atoms with Crippen LogP contribution in [0.25, 0.3) is 72.7 Å². The minimum atomic E-state index is -2.42. The molecule has 0 radical (unpaired) electrons. The first-order valence-electron chi connectivity index (χ1n) is 21.0. The molecule has 8 aromatic rings. The maximum Gasteiger partial charge on any atom is 0.148 e. The Morgan fingerprint density at radius 1 is 0.655 bits per heavy atom. The van der Waals surface area contributed by atoms with E-state index < -0.39 is 13.7 Å². The first kappa shape index (κ1) is 30.7. The van der Waals surface area contributed by atoms with Crippen LogP contribution in [0.1, 0.15) is 56.8 Å². The van der Waals surface area contributed by atoms with Crippen molar-refractivity contribution in [3.05, 3.63) is 167 Å². The number of hydrogen-bond donors (Lipinski definition) is 1. The van der Waals surface area contributed by atoms with E-state index in [0.29, 0.717) is 39.4 Å². The van der Waals surface area contributed by atoms with Gasteiger partial charge in [-0.2, -0.15) is 0 Å². The topological polar surface area (TPSA) is 50.9 Å². The second-order valence-corrected chi connectivity index (χ2v) is 15.0.